The van der Waals surface area contributed by atoms with Crippen molar-refractivity contribution in [2.45, 2.75) is 25.9 Å². The maximum atomic E-state index is 12.7. The molecule has 0 aliphatic heterocycles. The summed E-state index contributed by atoms with van der Waals surface area (Å²) in [4.78, 5) is 0. The lowest BCUT2D eigenvalue weighted by Gasteiger charge is -2.06. The molecule has 3 heteroatoms. The molecule has 0 spiro atoms. The summed E-state index contributed by atoms with van der Waals surface area (Å²) in [6.45, 7) is 1.66. The zero-order valence-electron chi connectivity index (χ0n) is 7.50. The molecule has 0 saturated carbocycles. The second-order valence-electron chi connectivity index (χ2n) is 3.16. The molecule has 1 aromatic carbocycles. The SMILES string of the molecule is C[C@@H](O)CCc1cc(F)ccc1O. The van der Waals surface area contributed by atoms with Gasteiger partial charge in [0.25, 0.3) is 0 Å². The Labute approximate surface area is 76.6 Å². The lowest BCUT2D eigenvalue weighted by atomic mass is 10.1. The van der Waals surface area contributed by atoms with Crippen LogP contribution in [0.1, 0.15) is 18.9 Å². The van der Waals surface area contributed by atoms with Gasteiger partial charge in [0.2, 0.25) is 0 Å². The summed E-state index contributed by atoms with van der Waals surface area (Å²) in [7, 11) is 0. The summed E-state index contributed by atoms with van der Waals surface area (Å²) in [5.74, 6) is -0.277. The zero-order valence-corrected chi connectivity index (χ0v) is 7.50. The van der Waals surface area contributed by atoms with E-state index in [0.29, 0.717) is 18.4 Å². The molecule has 0 aromatic heterocycles. The van der Waals surface area contributed by atoms with Gasteiger partial charge in [0, 0.05) is 0 Å². The van der Waals surface area contributed by atoms with E-state index >= 15 is 0 Å². The predicted octanol–water partition coefficient (Wildman–Crippen LogP) is 1.84. The second-order valence-corrected chi connectivity index (χ2v) is 3.16. The van der Waals surface area contributed by atoms with Gasteiger partial charge in [0.1, 0.15) is 11.6 Å². The van der Waals surface area contributed by atoms with Crippen LogP contribution in [0.4, 0.5) is 4.39 Å². The minimum atomic E-state index is -0.428. The number of hydrogen-bond donors (Lipinski definition) is 2. The first-order valence-electron chi connectivity index (χ1n) is 4.25. The van der Waals surface area contributed by atoms with E-state index in [9.17, 15) is 9.50 Å². The van der Waals surface area contributed by atoms with E-state index in [2.05, 4.69) is 0 Å². The van der Waals surface area contributed by atoms with Crippen molar-refractivity contribution in [2.75, 3.05) is 0 Å². The van der Waals surface area contributed by atoms with Gasteiger partial charge in [-0.2, -0.15) is 0 Å². The summed E-state index contributed by atoms with van der Waals surface area (Å²) < 4.78 is 12.7. The average molecular weight is 184 g/mol. The van der Waals surface area contributed by atoms with Crippen LogP contribution in [0.5, 0.6) is 5.75 Å². The van der Waals surface area contributed by atoms with Gasteiger partial charge in [-0.3, -0.25) is 0 Å². The highest BCUT2D eigenvalue weighted by atomic mass is 19.1. The van der Waals surface area contributed by atoms with Gasteiger partial charge in [-0.25, -0.2) is 4.39 Å². The molecule has 13 heavy (non-hydrogen) atoms. The van der Waals surface area contributed by atoms with E-state index in [-0.39, 0.29) is 11.6 Å². The van der Waals surface area contributed by atoms with Gasteiger partial charge in [0.15, 0.2) is 0 Å². The largest absolute Gasteiger partial charge is 0.508 e. The summed E-state index contributed by atoms with van der Waals surface area (Å²) in [6, 6.07) is 3.83. The van der Waals surface area contributed by atoms with E-state index in [0.717, 1.165) is 0 Å². The van der Waals surface area contributed by atoms with Crippen LogP contribution >= 0.6 is 0 Å². The Hall–Kier alpha value is -1.09. The van der Waals surface area contributed by atoms with Crippen molar-refractivity contribution in [3.8, 4) is 5.75 Å². The third kappa shape index (κ3) is 3.03. The Bertz CT molecular complexity index is 284. The minimum absolute atomic E-state index is 0.0852. The number of hydrogen-bond acceptors (Lipinski definition) is 2. The van der Waals surface area contributed by atoms with E-state index < -0.39 is 6.10 Å². The molecule has 0 saturated heterocycles. The first kappa shape index (κ1) is 9.99. The van der Waals surface area contributed by atoms with Gasteiger partial charge in [-0.1, -0.05) is 0 Å². The number of phenolic OH excluding ortho intramolecular Hbond substituents is 1. The smallest absolute Gasteiger partial charge is 0.123 e. The Morgan fingerprint density at radius 1 is 1.46 bits per heavy atom. The van der Waals surface area contributed by atoms with E-state index in [1.807, 2.05) is 0 Å². The molecule has 72 valence electrons. The monoisotopic (exact) mass is 184 g/mol. The fourth-order valence-corrected chi connectivity index (χ4v) is 1.12. The molecule has 1 aromatic rings. The third-order valence-electron chi connectivity index (χ3n) is 1.87. The fraction of sp³-hybridized carbons (Fsp3) is 0.400. The van der Waals surface area contributed by atoms with Crippen molar-refractivity contribution < 1.29 is 14.6 Å². The van der Waals surface area contributed by atoms with Crippen molar-refractivity contribution in [3.05, 3.63) is 29.6 Å². The highest BCUT2D eigenvalue weighted by molar-refractivity contribution is 5.32. The van der Waals surface area contributed by atoms with Crippen molar-refractivity contribution in [3.63, 3.8) is 0 Å². The zero-order chi connectivity index (χ0) is 9.84. The van der Waals surface area contributed by atoms with E-state index in [4.69, 9.17) is 5.11 Å². The molecule has 0 aliphatic rings. The molecule has 0 heterocycles. The summed E-state index contributed by atoms with van der Waals surface area (Å²) in [5, 5.41) is 18.3. The molecule has 0 unspecified atom stereocenters. The molecule has 2 nitrogen and oxygen atoms in total. The molecule has 1 rings (SSSR count). The average Bonchev–Trinajstić information content (AvgIpc) is 2.06. The van der Waals surface area contributed by atoms with Gasteiger partial charge >= 0.3 is 0 Å². The van der Waals surface area contributed by atoms with Gasteiger partial charge < -0.3 is 10.2 Å². The first-order valence-corrected chi connectivity index (χ1v) is 4.25. The van der Waals surface area contributed by atoms with Crippen molar-refractivity contribution in [1.29, 1.82) is 0 Å². The number of aromatic hydroxyl groups is 1. The number of phenols is 1. The normalized spacial score (nSPS) is 12.8. The number of aliphatic hydroxyl groups excluding tert-OH is 1. The molecule has 0 aliphatic carbocycles. The summed E-state index contributed by atoms with van der Waals surface area (Å²) in [5.41, 5.74) is 0.543. The third-order valence-corrected chi connectivity index (χ3v) is 1.87. The minimum Gasteiger partial charge on any atom is -0.508 e. The number of aliphatic hydroxyl groups is 1. The Balaban J connectivity index is 2.70. The van der Waals surface area contributed by atoms with Gasteiger partial charge in [0.05, 0.1) is 6.10 Å². The quantitative estimate of drug-likeness (QED) is 0.752. The van der Waals surface area contributed by atoms with Crippen LogP contribution in [-0.2, 0) is 6.42 Å². The first-order chi connectivity index (χ1) is 6.09. The van der Waals surface area contributed by atoms with Gasteiger partial charge in [-0.05, 0) is 43.5 Å². The van der Waals surface area contributed by atoms with Crippen molar-refractivity contribution in [1.82, 2.24) is 0 Å². The standard InChI is InChI=1S/C10H13FO2/c1-7(12)2-3-8-6-9(11)4-5-10(8)13/h4-7,12-13H,2-3H2,1H3/t7-/m1/s1. The molecule has 0 fully saturated rings. The highest BCUT2D eigenvalue weighted by Gasteiger charge is 2.04. The molecule has 1 atom stereocenters. The van der Waals surface area contributed by atoms with Crippen LogP contribution in [0, 0.1) is 5.82 Å². The van der Waals surface area contributed by atoms with Crippen LogP contribution in [0.15, 0.2) is 18.2 Å². The van der Waals surface area contributed by atoms with Crippen LogP contribution in [0.25, 0.3) is 0 Å². The maximum Gasteiger partial charge on any atom is 0.123 e. The fourth-order valence-electron chi connectivity index (χ4n) is 1.12. The van der Waals surface area contributed by atoms with Crippen molar-refractivity contribution in [2.24, 2.45) is 0 Å². The number of aryl methyl sites for hydroxylation is 1. The number of rotatable bonds is 3. The van der Waals surface area contributed by atoms with E-state index in [1.165, 1.54) is 18.2 Å². The van der Waals surface area contributed by atoms with Crippen LogP contribution in [0.3, 0.4) is 0 Å². The highest BCUT2D eigenvalue weighted by Crippen LogP contribution is 2.19. The topological polar surface area (TPSA) is 40.5 Å². The number of benzene rings is 1. The lowest BCUT2D eigenvalue weighted by molar-refractivity contribution is 0.184. The van der Waals surface area contributed by atoms with Crippen LogP contribution < -0.4 is 0 Å². The Kier molecular flexibility index (Phi) is 3.25. The molecule has 0 amide bonds. The molecular weight excluding hydrogens is 171 g/mol. The van der Waals surface area contributed by atoms with E-state index in [1.54, 1.807) is 6.92 Å². The summed E-state index contributed by atoms with van der Waals surface area (Å²) in [6.07, 6.45) is 0.584. The Morgan fingerprint density at radius 3 is 2.77 bits per heavy atom. The van der Waals surface area contributed by atoms with Crippen LogP contribution in [-0.4, -0.2) is 16.3 Å². The molecule has 2 N–H and O–H groups in total. The Morgan fingerprint density at radius 2 is 2.15 bits per heavy atom. The predicted molar refractivity (Wildman–Crippen MR) is 48.1 cm³/mol. The summed E-state index contributed by atoms with van der Waals surface area (Å²) >= 11 is 0. The maximum absolute atomic E-state index is 12.7. The molecule has 0 bridgehead atoms. The van der Waals surface area contributed by atoms with Gasteiger partial charge in [-0.15, -0.1) is 0 Å². The van der Waals surface area contributed by atoms with Crippen LogP contribution in [0.2, 0.25) is 0 Å². The molecule has 0 radical (unpaired) electrons. The van der Waals surface area contributed by atoms with Crippen molar-refractivity contribution >= 4 is 0 Å². The molecular formula is C10H13FO2. The second kappa shape index (κ2) is 4.23. The number of halogens is 1. The lowest BCUT2D eigenvalue weighted by Crippen LogP contribution is -2.01.